The van der Waals surface area contributed by atoms with Crippen molar-refractivity contribution in [1.82, 2.24) is 4.90 Å². The number of nitrogens with zero attached hydrogens (tertiary/aromatic N) is 2. The maximum Gasteiger partial charge on any atom is 0.321 e. The lowest BCUT2D eigenvalue weighted by Crippen LogP contribution is -2.67. The molecule has 9 heteroatoms. The molecule has 5 rings (SSSR count). The van der Waals surface area contributed by atoms with E-state index in [-0.39, 0.29) is 29.5 Å². The number of piperidine rings is 1. The van der Waals surface area contributed by atoms with Crippen LogP contribution in [0.5, 0.6) is 5.75 Å². The highest BCUT2D eigenvalue weighted by molar-refractivity contribution is 6.39. The number of carbonyl (C=O) groups is 2. The van der Waals surface area contributed by atoms with Crippen molar-refractivity contribution in [2.45, 2.75) is 18.9 Å². The lowest BCUT2D eigenvalue weighted by Gasteiger charge is -2.59. The number of benzene rings is 3. The van der Waals surface area contributed by atoms with E-state index in [4.69, 9.17) is 23.2 Å². The average molecular weight is 514 g/mol. The summed E-state index contributed by atoms with van der Waals surface area (Å²) in [4.78, 5) is 29.8. The molecule has 1 spiro atoms. The van der Waals surface area contributed by atoms with Crippen molar-refractivity contribution < 1.29 is 19.1 Å². The summed E-state index contributed by atoms with van der Waals surface area (Å²) in [5.41, 5.74) is 1.12. The molecule has 35 heavy (non-hydrogen) atoms. The van der Waals surface area contributed by atoms with E-state index in [9.17, 15) is 19.1 Å². The van der Waals surface area contributed by atoms with E-state index in [0.29, 0.717) is 47.4 Å². The maximum atomic E-state index is 13.6. The first-order chi connectivity index (χ1) is 16.8. The number of halogens is 3. The molecule has 3 aromatic rings. The third-order valence-corrected chi connectivity index (χ3v) is 7.51. The predicted octanol–water partition coefficient (Wildman–Crippen LogP) is 6.24. The Bertz CT molecular complexity index is 1260. The molecule has 3 aromatic carbocycles. The Hall–Kier alpha value is -3.29. The van der Waals surface area contributed by atoms with Gasteiger partial charge in [-0.05, 0) is 66.9 Å². The van der Waals surface area contributed by atoms with Crippen molar-refractivity contribution in [3.63, 3.8) is 0 Å². The van der Waals surface area contributed by atoms with Gasteiger partial charge in [0.05, 0.1) is 27.2 Å². The second-order valence-corrected chi connectivity index (χ2v) is 9.63. The van der Waals surface area contributed by atoms with Crippen LogP contribution < -0.4 is 10.2 Å². The normalized spacial score (nSPS) is 18.9. The highest BCUT2D eigenvalue weighted by Gasteiger charge is 2.62. The van der Waals surface area contributed by atoms with Crippen molar-refractivity contribution in [3.05, 3.63) is 88.2 Å². The fourth-order valence-corrected chi connectivity index (χ4v) is 5.54. The topological polar surface area (TPSA) is 72.9 Å². The average Bonchev–Trinajstić information content (AvgIpc) is 2.86. The molecule has 0 saturated carbocycles. The van der Waals surface area contributed by atoms with Crippen LogP contribution in [0.25, 0.3) is 0 Å². The minimum Gasteiger partial charge on any atom is -0.508 e. The van der Waals surface area contributed by atoms with Crippen molar-refractivity contribution in [3.8, 4) is 5.75 Å². The molecule has 2 aliphatic heterocycles. The van der Waals surface area contributed by atoms with E-state index in [1.807, 2.05) is 0 Å². The number of phenols is 1. The molecule has 0 bridgehead atoms. The zero-order valence-corrected chi connectivity index (χ0v) is 20.1. The Morgan fingerprint density at radius 3 is 2.17 bits per heavy atom. The maximum absolute atomic E-state index is 13.6. The summed E-state index contributed by atoms with van der Waals surface area (Å²) >= 11 is 12.4. The molecule has 2 heterocycles. The summed E-state index contributed by atoms with van der Waals surface area (Å²) in [5.74, 6) is -0.307. The van der Waals surface area contributed by atoms with Crippen LogP contribution in [0.4, 0.5) is 20.6 Å². The quantitative estimate of drug-likeness (QED) is 0.407. The van der Waals surface area contributed by atoms with Crippen molar-refractivity contribution >= 4 is 46.5 Å². The molecule has 1 unspecified atom stereocenters. The SMILES string of the molecule is O=C(Nc1c(Cl)cccc1Cl)N1CCC2(CC1)C(=O)N(c1ccc(F)cc1)C2c1ccc(O)cc1. The van der Waals surface area contributed by atoms with Gasteiger partial charge in [0.1, 0.15) is 11.6 Å². The standard InChI is InChI=1S/C26H22Cl2FN3O3/c27-20-2-1-3-21(28)22(20)30-25(35)31-14-12-26(13-15-31)23(16-4-10-19(33)11-5-16)32(24(26)34)18-8-6-17(29)7-9-18/h1-11,23,33H,12-15H2,(H,30,35). The third kappa shape index (κ3) is 4.09. The van der Waals surface area contributed by atoms with Crippen LogP contribution >= 0.6 is 23.2 Å². The fourth-order valence-electron chi connectivity index (χ4n) is 5.05. The first-order valence-electron chi connectivity index (χ1n) is 11.2. The van der Waals surface area contributed by atoms with Gasteiger partial charge in [-0.1, -0.05) is 41.4 Å². The Balaban J connectivity index is 1.38. The molecular weight excluding hydrogens is 492 g/mol. The molecule has 2 N–H and O–H groups in total. The second kappa shape index (κ2) is 9.06. The minimum absolute atomic E-state index is 0.0589. The van der Waals surface area contributed by atoms with Gasteiger partial charge in [0.2, 0.25) is 5.91 Å². The number of nitrogens with one attached hydrogen (secondary N) is 1. The first-order valence-corrected chi connectivity index (χ1v) is 11.9. The zero-order valence-electron chi connectivity index (χ0n) is 18.5. The number of urea groups is 1. The van der Waals surface area contributed by atoms with E-state index >= 15 is 0 Å². The van der Waals surface area contributed by atoms with Gasteiger partial charge in [0.15, 0.2) is 0 Å². The van der Waals surface area contributed by atoms with Crippen LogP contribution in [0, 0.1) is 11.2 Å². The molecule has 2 fully saturated rings. The fraction of sp³-hybridized carbons (Fsp3) is 0.231. The summed E-state index contributed by atoms with van der Waals surface area (Å²) in [6.45, 7) is 0.733. The number of hydrogen-bond acceptors (Lipinski definition) is 3. The summed E-state index contributed by atoms with van der Waals surface area (Å²) < 4.78 is 13.5. The molecule has 0 aliphatic carbocycles. The molecule has 180 valence electrons. The third-order valence-electron chi connectivity index (χ3n) is 6.88. The van der Waals surface area contributed by atoms with Crippen molar-refractivity contribution in [2.75, 3.05) is 23.3 Å². The summed E-state index contributed by atoms with van der Waals surface area (Å²) in [7, 11) is 0. The molecule has 0 radical (unpaired) electrons. The van der Waals surface area contributed by atoms with E-state index in [1.54, 1.807) is 64.4 Å². The molecule has 3 amide bonds. The lowest BCUT2D eigenvalue weighted by molar-refractivity contribution is -0.144. The summed E-state index contributed by atoms with van der Waals surface area (Å²) in [6, 6.07) is 16.9. The molecular formula is C26H22Cl2FN3O3. The van der Waals surface area contributed by atoms with E-state index < -0.39 is 5.41 Å². The second-order valence-electron chi connectivity index (χ2n) is 8.82. The van der Waals surface area contributed by atoms with Crippen LogP contribution in [0.1, 0.15) is 24.4 Å². The Morgan fingerprint density at radius 1 is 0.971 bits per heavy atom. The van der Waals surface area contributed by atoms with E-state index in [1.165, 1.54) is 12.1 Å². The number of aromatic hydroxyl groups is 1. The summed E-state index contributed by atoms with van der Waals surface area (Å²) in [6.07, 6.45) is 0.914. The van der Waals surface area contributed by atoms with Gasteiger partial charge in [0, 0.05) is 18.8 Å². The molecule has 2 saturated heterocycles. The van der Waals surface area contributed by atoms with Crippen molar-refractivity contribution in [2.24, 2.45) is 5.41 Å². The summed E-state index contributed by atoms with van der Waals surface area (Å²) in [5, 5.41) is 13.2. The van der Waals surface area contributed by atoms with Gasteiger partial charge >= 0.3 is 6.03 Å². The predicted molar refractivity (Wildman–Crippen MR) is 133 cm³/mol. The Kier molecular flexibility index (Phi) is 6.07. The van der Waals surface area contributed by atoms with E-state index in [2.05, 4.69) is 5.32 Å². The van der Waals surface area contributed by atoms with Gasteiger partial charge in [-0.2, -0.15) is 0 Å². The van der Waals surface area contributed by atoms with Crippen LogP contribution in [0.2, 0.25) is 10.0 Å². The van der Waals surface area contributed by atoms with Gasteiger partial charge in [0.25, 0.3) is 0 Å². The highest BCUT2D eigenvalue weighted by Crippen LogP contribution is 2.57. The number of hydrogen-bond donors (Lipinski definition) is 2. The first kappa shape index (κ1) is 23.5. The number of β-lactam (4-membered cyclic amide) rings is 1. The van der Waals surface area contributed by atoms with Crippen LogP contribution in [0.3, 0.4) is 0 Å². The number of likely N-dealkylation sites (tertiary alicyclic amines) is 1. The highest BCUT2D eigenvalue weighted by atomic mass is 35.5. The van der Waals surface area contributed by atoms with Gasteiger partial charge in [-0.3, -0.25) is 4.79 Å². The van der Waals surface area contributed by atoms with Crippen LogP contribution in [0.15, 0.2) is 66.7 Å². The van der Waals surface area contributed by atoms with Gasteiger partial charge < -0.3 is 20.2 Å². The number of rotatable bonds is 3. The minimum atomic E-state index is -0.704. The largest absolute Gasteiger partial charge is 0.508 e. The number of anilines is 2. The van der Waals surface area contributed by atoms with Gasteiger partial charge in [-0.25, -0.2) is 9.18 Å². The van der Waals surface area contributed by atoms with Crippen molar-refractivity contribution in [1.29, 1.82) is 0 Å². The Labute approximate surface area is 211 Å². The number of amides is 3. The van der Waals surface area contributed by atoms with Gasteiger partial charge in [-0.15, -0.1) is 0 Å². The van der Waals surface area contributed by atoms with E-state index in [0.717, 1.165) is 5.56 Å². The Morgan fingerprint density at radius 2 is 1.57 bits per heavy atom. The lowest BCUT2D eigenvalue weighted by atomic mass is 9.62. The zero-order chi connectivity index (χ0) is 24.7. The van der Waals surface area contributed by atoms with Crippen LogP contribution in [-0.4, -0.2) is 35.0 Å². The number of carbonyl (C=O) groups excluding carboxylic acids is 2. The van der Waals surface area contributed by atoms with Crippen LogP contribution in [-0.2, 0) is 4.79 Å². The molecule has 2 aliphatic rings. The number of para-hydroxylation sites is 1. The molecule has 0 aromatic heterocycles. The molecule has 1 atom stereocenters. The monoisotopic (exact) mass is 513 g/mol. The smallest absolute Gasteiger partial charge is 0.321 e. The number of phenolic OH excluding ortho intramolecular Hbond substituents is 1. The molecule has 6 nitrogen and oxygen atoms in total.